The third-order valence-corrected chi connectivity index (χ3v) is 5.52. The van der Waals surface area contributed by atoms with Gasteiger partial charge in [-0.2, -0.15) is 0 Å². The molecule has 0 radical (unpaired) electrons. The molecule has 2 aromatic carbocycles. The number of aryl methyl sites for hydroxylation is 2. The Morgan fingerprint density at radius 2 is 1.63 bits per heavy atom. The quantitative estimate of drug-likeness (QED) is 0.798. The summed E-state index contributed by atoms with van der Waals surface area (Å²) >= 11 is 0. The van der Waals surface area contributed by atoms with Gasteiger partial charge in [-0.05, 0) is 56.0 Å². The van der Waals surface area contributed by atoms with E-state index in [0.29, 0.717) is 6.42 Å². The summed E-state index contributed by atoms with van der Waals surface area (Å²) in [5.41, 5.74) is 4.98. The van der Waals surface area contributed by atoms with Gasteiger partial charge in [0, 0.05) is 31.9 Å². The monoisotopic (exact) mass is 366 g/mol. The molecule has 144 valence electrons. The van der Waals surface area contributed by atoms with E-state index in [2.05, 4.69) is 36.9 Å². The molecule has 4 heteroatoms. The molecule has 0 N–H and O–H groups in total. The van der Waals surface area contributed by atoms with Crippen molar-refractivity contribution >= 4 is 11.6 Å². The highest BCUT2D eigenvalue weighted by molar-refractivity contribution is 5.81. The molecule has 1 unspecified atom stereocenters. The highest BCUT2D eigenvalue weighted by Gasteiger charge is 2.28. The van der Waals surface area contributed by atoms with E-state index in [1.54, 1.807) is 0 Å². The standard InChI is InChI=1S/C23H30N2O2/c1-5-21(27-22-12-7-6-9-18(22)3)23(26)25-15-13-24(14-16-25)20-11-8-10-17(2)19(20)4/h6-12,21H,5,13-16H2,1-4H3. The van der Waals surface area contributed by atoms with Crippen molar-refractivity contribution in [1.82, 2.24) is 4.90 Å². The molecule has 1 aliphatic rings. The number of carbonyl (C=O) groups is 1. The lowest BCUT2D eigenvalue weighted by Gasteiger charge is -2.38. The van der Waals surface area contributed by atoms with Gasteiger partial charge in [0.15, 0.2) is 6.10 Å². The third kappa shape index (κ3) is 4.26. The van der Waals surface area contributed by atoms with Crippen molar-refractivity contribution in [2.45, 2.75) is 40.2 Å². The second-order valence-corrected chi connectivity index (χ2v) is 7.31. The summed E-state index contributed by atoms with van der Waals surface area (Å²) in [6, 6.07) is 14.3. The minimum absolute atomic E-state index is 0.0985. The number of hydrogen-bond acceptors (Lipinski definition) is 3. The number of anilines is 1. The fourth-order valence-electron chi connectivity index (χ4n) is 3.60. The fourth-order valence-corrected chi connectivity index (χ4v) is 3.60. The summed E-state index contributed by atoms with van der Waals surface area (Å²) < 4.78 is 6.05. The predicted octanol–water partition coefficient (Wildman–Crippen LogP) is 4.12. The normalized spacial score (nSPS) is 15.6. The summed E-state index contributed by atoms with van der Waals surface area (Å²) in [7, 11) is 0. The number of carbonyl (C=O) groups excluding carboxylic acids is 1. The molecule has 1 amide bonds. The van der Waals surface area contributed by atoms with Crippen LogP contribution in [0.4, 0.5) is 5.69 Å². The lowest BCUT2D eigenvalue weighted by Crippen LogP contribution is -2.52. The molecule has 0 aromatic heterocycles. The van der Waals surface area contributed by atoms with Gasteiger partial charge in [0.25, 0.3) is 5.91 Å². The van der Waals surface area contributed by atoms with Crippen molar-refractivity contribution in [1.29, 1.82) is 0 Å². The van der Waals surface area contributed by atoms with Crippen molar-refractivity contribution < 1.29 is 9.53 Å². The molecule has 3 rings (SSSR count). The summed E-state index contributed by atoms with van der Waals surface area (Å²) in [4.78, 5) is 17.3. The zero-order chi connectivity index (χ0) is 19.4. The minimum atomic E-state index is -0.418. The van der Waals surface area contributed by atoms with Gasteiger partial charge < -0.3 is 14.5 Å². The number of benzene rings is 2. The average molecular weight is 367 g/mol. The fraction of sp³-hybridized carbons (Fsp3) is 0.435. The highest BCUT2D eigenvalue weighted by atomic mass is 16.5. The van der Waals surface area contributed by atoms with Crippen molar-refractivity contribution in [3.8, 4) is 5.75 Å². The summed E-state index contributed by atoms with van der Waals surface area (Å²) in [6.07, 6.45) is 0.253. The number of ether oxygens (including phenoxy) is 1. The Bertz CT molecular complexity index is 795. The van der Waals surface area contributed by atoms with Crippen LogP contribution < -0.4 is 9.64 Å². The van der Waals surface area contributed by atoms with Crippen LogP contribution in [-0.2, 0) is 4.79 Å². The lowest BCUT2D eigenvalue weighted by atomic mass is 10.1. The van der Waals surface area contributed by atoms with Crippen LogP contribution in [0.25, 0.3) is 0 Å². The molecule has 0 saturated carbocycles. The van der Waals surface area contributed by atoms with Gasteiger partial charge in [0.1, 0.15) is 5.75 Å². The van der Waals surface area contributed by atoms with Crippen LogP contribution >= 0.6 is 0 Å². The molecule has 0 spiro atoms. The Balaban J connectivity index is 1.63. The SMILES string of the molecule is CCC(Oc1ccccc1C)C(=O)N1CCN(c2cccc(C)c2C)CC1. The van der Waals surface area contributed by atoms with Crippen molar-refractivity contribution in [3.05, 3.63) is 59.2 Å². The van der Waals surface area contributed by atoms with Gasteiger partial charge in [-0.15, -0.1) is 0 Å². The maximum absolute atomic E-state index is 13.0. The summed E-state index contributed by atoms with van der Waals surface area (Å²) in [5.74, 6) is 0.896. The first-order chi connectivity index (χ1) is 13.0. The zero-order valence-electron chi connectivity index (χ0n) is 16.9. The number of rotatable bonds is 5. The molecule has 1 atom stereocenters. The Morgan fingerprint density at radius 3 is 2.30 bits per heavy atom. The van der Waals surface area contributed by atoms with Gasteiger partial charge >= 0.3 is 0 Å². The van der Waals surface area contributed by atoms with Crippen molar-refractivity contribution in [2.75, 3.05) is 31.1 Å². The summed E-state index contributed by atoms with van der Waals surface area (Å²) in [6.45, 7) is 11.5. The molecular weight excluding hydrogens is 336 g/mol. The van der Waals surface area contributed by atoms with Crippen LogP contribution in [0.15, 0.2) is 42.5 Å². The molecule has 1 saturated heterocycles. The molecular formula is C23H30N2O2. The third-order valence-electron chi connectivity index (χ3n) is 5.52. The maximum Gasteiger partial charge on any atom is 0.263 e. The highest BCUT2D eigenvalue weighted by Crippen LogP contribution is 2.25. The van der Waals surface area contributed by atoms with E-state index in [1.165, 1.54) is 16.8 Å². The number of para-hydroxylation sites is 1. The van der Waals surface area contributed by atoms with Gasteiger partial charge in [-0.25, -0.2) is 0 Å². The van der Waals surface area contributed by atoms with E-state index < -0.39 is 6.10 Å². The van der Waals surface area contributed by atoms with Gasteiger partial charge in [-0.1, -0.05) is 37.3 Å². The average Bonchev–Trinajstić information content (AvgIpc) is 2.69. The van der Waals surface area contributed by atoms with E-state index in [9.17, 15) is 4.79 Å². The summed E-state index contributed by atoms with van der Waals surface area (Å²) in [5, 5.41) is 0. The zero-order valence-corrected chi connectivity index (χ0v) is 16.9. The van der Waals surface area contributed by atoms with E-state index >= 15 is 0 Å². The number of amides is 1. The first kappa shape index (κ1) is 19.3. The first-order valence-electron chi connectivity index (χ1n) is 9.83. The minimum Gasteiger partial charge on any atom is -0.480 e. The molecule has 1 fully saturated rings. The smallest absolute Gasteiger partial charge is 0.263 e. The topological polar surface area (TPSA) is 32.8 Å². The van der Waals surface area contributed by atoms with Crippen LogP contribution in [0, 0.1) is 20.8 Å². The van der Waals surface area contributed by atoms with Crippen LogP contribution in [0.1, 0.15) is 30.0 Å². The first-order valence-corrected chi connectivity index (χ1v) is 9.83. The van der Waals surface area contributed by atoms with Crippen molar-refractivity contribution in [2.24, 2.45) is 0 Å². The van der Waals surface area contributed by atoms with Crippen LogP contribution in [0.3, 0.4) is 0 Å². The Hall–Kier alpha value is -2.49. The van der Waals surface area contributed by atoms with Crippen LogP contribution in [0.2, 0.25) is 0 Å². The molecule has 0 aliphatic carbocycles. The second-order valence-electron chi connectivity index (χ2n) is 7.31. The second kappa shape index (κ2) is 8.47. The number of piperazine rings is 1. The lowest BCUT2D eigenvalue weighted by molar-refractivity contribution is -0.139. The van der Waals surface area contributed by atoms with Gasteiger partial charge in [0.05, 0.1) is 0 Å². The van der Waals surface area contributed by atoms with Crippen molar-refractivity contribution in [3.63, 3.8) is 0 Å². The number of nitrogens with zero attached hydrogens (tertiary/aromatic N) is 2. The largest absolute Gasteiger partial charge is 0.480 e. The molecule has 4 nitrogen and oxygen atoms in total. The molecule has 27 heavy (non-hydrogen) atoms. The van der Waals surface area contributed by atoms with Gasteiger partial charge in [-0.3, -0.25) is 4.79 Å². The van der Waals surface area contributed by atoms with E-state index in [4.69, 9.17) is 4.74 Å². The van der Waals surface area contributed by atoms with E-state index in [1.807, 2.05) is 43.0 Å². The molecule has 1 heterocycles. The predicted molar refractivity (Wildman–Crippen MR) is 111 cm³/mol. The maximum atomic E-state index is 13.0. The van der Waals surface area contributed by atoms with E-state index in [0.717, 1.165) is 37.5 Å². The van der Waals surface area contributed by atoms with Crippen LogP contribution in [0.5, 0.6) is 5.75 Å². The van der Waals surface area contributed by atoms with Crippen LogP contribution in [-0.4, -0.2) is 43.1 Å². The molecule has 0 bridgehead atoms. The molecule has 1 aliphatic heterocycles. The van der Waals surface area contributed by atoms with E-state index in [-0.39, 0.29) is 5.91 Å². The number of hydrogen-bond donors (Lipinski definition) is 0. The van der Waals surface area contributed by atoms with Gasteiger partial charge in [0.2, 0.25) is 0 Å². The Labute approximate surface area is 162 Å². The molecule has 2 aromatic rings. The Kier molecular flexibility index (Phi) is 6.04. The Morgan fingerprint density at radius 1 is 0.963 bits per heavy atom.